The van der Waals surface area contributed by atoms with Crippen molar-refractivity contribution in [1.29, 1.82) is 0 Å². The zero-order valence-electron chi connectivity index (χ0n) is 11.6. The third-order valence-electron chi connectivity index (χ3n) is 2.98. The number of thiophene rings is 1. The number of halogens is 1. The summed E-state index contributed by atoms with van der Waals surface area (Å²) in [5, 5.41) is 5.85. The second-order valence-corrected chi connectivity index (χ2v) is 6.69. The molecule has 6 heteroatoms. The Bertz CT molecular complexity index is 620. The Morgan fingerprint density at radius 3 is 2.75 bits per heavy atom. The van der Waals surface area contributed by atoms with Crippen LogP contribution in [-0.2, 0) is 6.54 Å². The average Bonchev–Trinajstić information content (AvgIpc) is 2.75. The number of pyridine rings is 1. The van der Waals surface area contributed by atoms with Gasteiger partial charge in [-0.15, -0.1) is 11.3 Å². The first-order valence-corrected chi connectivity index (χ1v) is 7.79. The normalized spacial score (nSPS) is 10.4. The SMILES string of the molecule is CNc1ncc(Br)cc1C(=O)NCc1cc(C)c(C)s1. The molecule has 0 aliphatic carbocycles. The van der Waals surface area contributed by atoms with E-state index in [2.05, 4.69) is 51.5 Å². The van der Waals surface area contributed by atoms with E-state index in [4.69, 9.17) is 0 Å². The van der Waals surface area contributed by atoms with Crippen LogP contribution in [0, 0.1) is 13.8 Å². The number of amides is 1. The van der Waals surface area contributed by atoms with Crippen molar-refractivity contribution in [3.63, 3.8) is 0 Å². The maximum absolute atomic E-state index is 12.2. The van der Waals surface area contributed by atoms with E-state index >= 15 is 0 Å². The summed E-state index contributed by atoms with van der Waals surface area (Å²) in [5.74, 6) is 0.441. The van der Waals surface area contributed by atoms with Crippen LogP contribution in [0.5, 0.6) is 0 Å². The molecule has 2 rings (SSSR count). The Hall–Kier alpha value is -1.40. The maximum Gasteiger partial charge on any atom is 0.255 e. The van der Waals surface area contributed by atoms with E-state index in [1.165, 1.54) is 10.4 Å². The van der Waals surface area contributed by atoms with Gasteiger partial charge in [-0.25, -0.2) is 4.98 Å². The van der Waals surface area contributed by atoms with Crippen molar-refractivity contribution in [2.24, 2.45) is 0 Å². The molecule has 0 spiro atoms. The van der Waals surface area contributed by atoms with Crippen molar-refractivity contribution in [2.45, 2.75) is 20.4 Å². The number of hydrogen-bond acceptors (Lipinski definition) is 4. The van der Waals surface area contributed by atoms with Gasteiger partial charge in [0.2, 0.25) is 0 Å². The van der Waals surface area contributed by atoms with Crippen LogP contribution in [-0.4, -0.2) is 17.9 Å². The molecule has 0 atom stereocenters. The predicted molar refractivity (Wildman–Crippen MR) is 86.4 cm³/mol. The van der Waals surface area contributed by atoms with Crippen molar-refractivity contribution in [1.82, 2.24) is 10.3 Å². The Morgan fingerprint density at radius 1 is 1.40 bits per heavy atom. The Kier molecular flexibility index (Phi) is 4.77. The molecule has 0 aliphatic rings. The first-order chi connectivity index (χ1) is 9.51. The number of anilines is 1. The fourth-order valence-electron chi connectivity index (χ4n) is 1.81. The largest absolute Gasteiger partial charge is 0.372 e. The first kappa shape index (κ1) is 15.0. The summed E-state index contributed by atoms with van der Waals surface area (Å²) in [7, 11) is 1.75. The van der Waals surface area contributed by atoms with Crippen LogP contribution in [0.2, 0.25) is 0 Å². The van der Waals surface area contributed by atoms with Crippen LogP contribution in [0.25, 0.3) is 0 Å². The van der Waals surface area contributed by atoms with Gasteiger partial charge in [-0.2, -0.15) is 0 Å². The lowest BCUT2D eigenvalue weighted by atomic mass is 10.2. The number of aromatic nitrogens is 1. The molecule has 0 aliphatic heterocycles. The summed E-state index contributed by atoms with van der Waals surface area (Å²) in [6.45, 7) is 4.70. The van der Waals surface area contributed by atoms with E-state index in [9.17, 15) is 4.79 Å². The second kappa shape index (κ2) is 6.37. The van der Waals surface area contributed by atoms with Gasteiger partial charge in [0.05, 0.1) is 12.1 Å². The van der Waals surface area contributed by atoms with E-state index in [1.54, 1.807) is 30.6 Å². The first-order valence-electron chi connectivity index (χ1n) is 6.18. The average molecular weight is 354 g/mol. The molecule has 1 amide bonds. The molecule has 0 saturated heterocycles. The molecule has 2 heterocycles. The summed E-state index contributed by atoms with van der Waals surface area (Å²) in [5.41, 5.74) is 1.80. The lowest BCUT2D eigenvalue weighted by molar-refractivity contribution is 0.0951. The topological polar surface area (TPSA) is 54.0 Å². The lowest BCUT2D eigenvalue weighted by Crippen LogP contribution is -2.23. The molecule has 2 aromatic rings. The quantitative estimate of drug-likeness (QED) is 0.884. The summed E-state index contributed by atoms with van der Waals surface area (Å²) in [4.78, 5) is 18.9. The molecule has 20 heavy (non-hydrogen) atoms. The number of rotatable bonds is 4. The minimum Gasteiger partial charge on any atom is -0.372 e. The van der Waals surface area contributed by atoms with E-state index < -0.39 is 0 Å². The van der Waals surface area contributed by atoms with Crippen molar-refractivity contribution in [3.05, 3.63) is 43.7 Å². The zero-order valence-corrected chi connectivity index (χ0v) is 14.0. The van der Waals surface area contributed by atoms with Crippen LogP contribution in [0.3, 0.4) is 0 Å². The van der Waals surface area contributed by atoms with E-state index in [-0.39, 0.29) is 5.91 Å². The van der Waals surface area contributed by atoms with Gasteiger partial charge in [-0.05, 0) is 47.5 Å². The van der Waals surface area contributed by atoms with E-state index in [0.29, 0.717) is 17.9 Å². The van der Waals surface area contributed by atoms with Crippen LogP contribution in [0.15, 0.2) is 22.8 Å². The molecule has 0 saturated carbocycles. The van der Waals surface area contributed by atoms with Gasteiger partial charge in [-0.3, -0.25) is 4.79 Å². The highest BCUT2D eigenvalue weighted by molar-refractivity contribution is 9.10. The molecule has 4 nitrogen and oxygen atoms in total. The molecule has 106 valence electrons. The molecule has 0 aromatic carbocycles. The molecule has 2 N–H and O–H groups in total. The third kappa shape index (κ3) is 3.37. The zero-order chi connectivity index (χ0) is 14.7. The number of carbonyl (C=O) groups is 1. The number of aryl methyl sites for hydroxylation is 2. The van der Waals surface area contributed by atoms with Crippen LogP contribution >= 0.6 is 27.3 Å². The molecular weight excluding hydrogens is 338 g/mol. The van der Waals surface area contributed by atoms with Gasteiger partial charge in [0.15, 0.2) is 0 Å². The Morgan fingerprint density at radius 2 is 2.15 bits per heavy atom. The fraction of sp³-hybridized carbons (Fsp3) is 0.286. The van der Waals surface area contributed by atoms with Crippen molar-refractivity contribution in [3.8, 4) is 0 Å². The highest BCUT2D eigenvalue weighted by Crippen LogP contribution is 2.21. The Labute approximate surface area is 130 Å². The van der Waals surface area contributed by atoms with Crippen molar-refractivity contribution >= 4 is 39.0 Å². The number of nitrogens with zero attached hydrogens (tertiary/aromatic N) is 1. The maximum atomic E-state index is 12.2. The van der Waals surface area contributed by atoms with Crippen LogP contribution < -0.4 is 10.6 Å². The molecule has 2 aromatic heterocycles. The number of hydrogen-bond donors (Lipinski definition) is 2. The Balaban J connectivity index is 2.10. The summed E-state index contributed by atoms with van der Waals surface area (Å²) < 4.78 is 0.782. The van der Waals surface area contributed by atoms with Gasteiger partial charge >= 0.3 is 0 Å². The fourth-order valence-corrected chi connectivity index (χ4v) is 3.14. The standard InChI is InChI=1S/C14H16BrN3OS/c1-8-4-11(20-9(8)2)7-18-14(19)12-5-10(15)6-17-13(12)16-3/h4-6H,7H2,1-3H3,(H,16,17)(H,18,19). The van der Waals surface area contributed by atoms with Gasteiger partial charge in [0.25, 0.3) is 5.91 Å². The molecule has 0 unspecified atom stereocenters. The summed E-state index contributed by atoms with van der Waals surface area (Å²) >= 11 is 5.04. The highest BCUT2D eigenvalue weighted by atomic mass is 79.9. The minimum absolute atomic E-state index is 0.133. The molecule has 0 radical (unpaired) electrons. The van der Waals surface area contributed by atoms with Crippen molar-refractivity contribution < 1.29 is 4.79 Å². The van der Waals surface area contributed by atoms with Crippen molar-refractivity contribution in [2.75, 3.05) is 12.4 Å². The van der Waals surface area contributed by atoms with E-state index in [0.717, 1.165) is 9.35 Å². The monoisotopic (exact) mass is 353 g/mol. The smallest absolute Gasteiger partial charge is 0.255 e. The number of nitrogens with one attached hydrogen (secondary N) is 2. The molecule has 0 fully saturated rings. The predicted octanol–water partition coefficient (Wildman–Crippen LogP) is 3.49. The second-order valence-electron chi connectivity index (χ2n) is 4.43. The van der Waals surface area contributed by atoms with E-state index in [1.807, 2.05) is 0 Å². The summed E-state index contributed by atoms with van der Waals surface area (Å²) in [6.07, 6.45) is 1.66. The van der Waals surface area contributed by atoms with Crippen LogP contribution in [0.1, 0.15) is 25.7 Å². The lowest BCUT2D eigenvalue weighted by Gasteiger charge is -2.08. The van der Waals surface area contributed by atoms with Gasteiger partial charge in [0.1, 0.15) is 5.82 Å². The minimum atomic E-state index is -0.133. The molecular formula is C14H16BrN3OS. The van der Waals surface area contributed by atoms with Crippen LogP contribution in [0.4, 0.5) is 5.82 Å². The molecule has 0 bridgehead atoms. The highest BCUT2D eigenvalue weighted by Gasteiger charge is 2.13. The van der Waals surface area contributed by atoms with Gasteiger partial charge < -0.3 is 10.6 Å². The third-order valence-corrected chi connectivity index (χ3v) is 4.56. The van der Waals surface area contributed by atoms with Gasteiger partial charge in [-0.1, -0.05) is 0 Å². The number of carbonyl (C=O) groups excluding carboxylic acids is 1. The summed E-state index contributed by atoms with van der Waals surface area (Å²) in [6, 6.07) is 3.87. The van der Waals surface area contributed by atoms with Gasteiger partial charge in [0, 0.05) is 27.5 Å².